The molecule has 1 heterocycles. The summed E-state index contributed by atoms with van der Waals surface area (Å²) in [7, 11) is 2.00. The number of aryl methyl sites for hydroxylation is 2. The molecule has 0 aliphatic heterocycles. The first-order valence-electron chi connectivity index (χ1n) is 6.58. The molecule has 0 bridgehead atoms. The average Bonchev–Trinajstić information content (AvgIpc) is 2.77. The molecule has 3 rings (SSSR count). The van der Waals surface area contributed by atoms with Crippen molar-refractivity contribution in [2.75, 3.05) is 0 Å². The summed E-state index contributed by atoms with van der Waals surface area (Å²) in [5.74, 6) is 1.01. The number of fused-ring (bicyclic) bond motifs is 1. The average molecular weight is 261 g/mol. The molecule has 2 aromatic carbocycles. The lowest BCUT2D eigenvalue weighted by Crippen LogP contribution is -1.99. The second kappa shape index (κ2) is 4.82. The first-order valence-corrected chi connectivity index (χ1v) is 6.58. The highest BCUT2D eigenvalue weighted by Crippen LogP contribution is 2.18. The second-order valence-corrected chi connectivity index (χ2v) is 5.06. The largest absolute Gasteiger partial charge is 0.331 e. The van der Waals surface area contributed by atoms with E-state index in [1.54, 1.807) is 0 Å². The van der Waals surface area contributed by atoms with Gasteiger partial charge in [-0.25, -0.2) is 4.98 Å². The van der Waals surface area contributed by atoms with Crippen LogP contribution in [0.15, 0.2) is 42.5 Å². The van der Waals surface area contributed by atoms with Gasteiger partial charge >= 0.3 is 0 Å². The Morgan fingerprint density at radius 1 is 1.15 bits per heavy atom. The molecule has 0 N–H and O–H groups in total. The maximum atomic E-state index is 8.98. The van der Waals surface area contributed by atoms with E-state index in [0.717, 1.165) is 23.3 Å². The van der Waals surface area contributed by atoms with Gasteiger partial charge in [0.05, 0.1) is 22.7 Å². The molecule has 0 unspecified atom stereocenters. The van der Waals surface area contributed by atoms with E-state index in [4.69, 9.17) is 5.26 Å². The minimum Gasteiger partial charge on any atom is -0.331 e. The lowest BCUT2D eigenvalue weighted by molar-refractivity contribution is 0.844. The van der Waals surface area contributed by atoms with Crippen molar-refractivity contribution in [1.29, 1.82) is 5.26 Å². The van der Waals surface area contributed by atoms with E-state index in [0.29, 0.717) is 5.56 Å². The Morgan fingerprint density at radius 2 is 1.90 bits per heavy atom. The number of imidazole rings is 1. The third-order valence-electron chi connectivity index (χ3n) is 3.59. The van der Waals surface area contributed by atoms with Crippen LogP contribution >= 0.6 is 0 Å². The normalized spacial score (nSPS) is 10.7. The molecule has 3 heteroatoms. The molecule has 0 amide bonds. The predicted octanol–water partition coefficient (Wildman–Crippen LogP) is 3.34. The monoisotopic (exact) mass is 261 g/mol. The number of hydrogen-bond donors (Lipinski definition) is 0. The molecule has 0 saturated carbocycles. The van der Waals surface area contributed by atoms with Crippen molar-refractivity contribution >= 4 is 11.0 Å². The predicted molar refractivity (Wildman–Crippen MR) is 79.4 cm³/mol. The summed E-state index contributed by atoms with van der Waals surface area (Å²) in [6, 6.07) is 16.3. The molecular formula is C17H15N3. The van der Waals surface area contributed by atoms with Crippen LogP contribution in [0.1, 0.15) is 22.5 Å². The quantitative estimate of drug-likeness (QED) is 0.710. The summed E-state index contributed by atoms with van der Waals surface area (Å²) in [6.07, 6.45) is 0.799. The third kappa shape index (κ3) is 2.17. The molecule has 0 aliphatic carbocycles. The fourth-order valence-electron chi connectivity index (χ4n) is 2.36. The van der Waals surface area contributed by atoms with Gasteiger partial charge in [-0.15, -0.1) is 0 Å². The Morgan fingerprint density at radius 3 is 2.60 bits per heavy atom. The standard InChI is InChI=1S/C17H15N3/c1-12-3-5-13(6-4-12)10-17-19-15-8-7-14(11-18)9-16(15)20(17)2/h3-9H,10H2,1-2H3. The molecule has 3 aromatic rings. The van der Waals surface area contributed by atoms with E-state index in [-0.39, 0.29) is 0 Å². The molecular weight excluding hydrogens is 246 g/mol. The van der Waals surface area contributed by atoms with Gasteiger partial charge < -0.3 is 4.57 Å². The topological polar surface area (TPSA) is 41.6 Å². The Bertz CT molecular complexity index is 805. The minimum atomic E-state index is 0.669. The van der Waals surface area contributed by atoms with E-state index in [1.165, 1.54) is 11.1 Å². The summed E-state index contributed by atoms with van der Waals surface area (Å²) in [5, 5.41) is 8.98. The summed E-state index contributed by atoms with van der Waals surface area (Å²) < 4.78 is 2.07. The first kappa shape index (κ1) is 12.4. The van der Waals surface area contributed by atoms with Crippen LogP contribution in [0, 0.1) is 18.3 Å². The van der Waals surface area contributed by atoms with Crippen LogP contribution in [0.2, 0.25) is 0 Å². The van der Waals surface area contributed by atoms with Gasteiger partial charge in [0.2, 0.25) is 0 Å². The van der Waals surface area contributed by atoms with Crippen LogP contribution in [0.25, 0.3) is 11.0 Å². The zero-order valence-electron chi connectivity index (χ0n) is 11.6. The highest BCUT2D eigenvalue weighted by molar-refractivity contribution is 5.77. The lowest BCUT2D eigenvalue weighted by atomic mass is 10.1. The molecule has 0 atom stereocenters. The second-order valence-electron chi connectivity index (χ2n) is 5.06. The molecule has 3 nitrogen and oxygen atoms in total. The minimum absolute atomic E-state index is 0.669. The van der Waals surface area contributed by atoms with Crippen molar-refractivity contribution in [2.24, 2.45) is 7.05 Å². The van der Waals surface area contributed by atoms with Crippen LogP contribution < -0.4 is 0 Å². The molecule has 0 radical (unpaired) electrons. The molecule has 0 saturated heterocycles. The van der Waals surface area contributed by atoms with Crippen molar-refractivity contribution in [3.8, 4) is 6.07 Å². The molecule has 1 aromatic heterocycles. The van der Waals surface area contributed by atoms with E-state index < -0.39 is 0 Å². The van der Waals surface area contributed by atoms with E-state index >= 15 is 0 Å². The van der Waals surface area contributed by atoms with Crippen molar-refractivity contribution in [3.63, 3.8) is 0 Å². The van der Waals surface area contributed by atoms with Gasteiger partial charge in [0.25, 0.3) is 0 Å². The van der Waals surface area contributed by atoms with Crippen LogP contribution in [0.5, 0.6) is 0 Å². The van der Waals surface area contributed by atoms with E-state index in [9.17, 15) is 0 Å². The molecule has 20 heavy (non-hydrogen) atoms. The Hall–Kier alpha value is -2.60. The summed E-state index contributed by atoms with van der Waals surface area (Å²) >= 11 is 0. The highest BCUT2D eigenvalue weighted by atomic mass is 15.1. The van der Waals surface area contributed by atoms with Gasteiger partial charge in [-0.1, -0.05) is 29.8 Å². The summed E-state index contributed by atoms with van der Waals surface area (Å²) in [4.78, 5) is 4.66. The van der Waals surface area contributed by atoms with Crippen molar-refractivity contribution in [3.05, 3.63) is 65.0 Å². The number of nitriles is 1. The van der Waals surface area contributed by atoms with Gasteiger partial charge in [-0.3, -0.25) is 0 Å². The third-order valence-corrected chi connectivity index (χ3v) is 3.59. The number of nitrogens with zero attached hydrogens (tertiary/aromatic N) is 3. The van der Waals surface area contributed by atoms with Gasteiger partial charge in [-0.2, -0.15) is 5.26 Å². The van der Waals surface area contributed by atoms with E-state index in [1.807, 2.05) is 25.2 Å². The number of benzene rings is 2. The molecule has 0 fully saturated rings. The van der Waals surface area contributed by atoms with Crippen LogP contribution in [0.3, 0.4) is 0 Å². The maximum Gasteiger partial charge on any atom is 0.114 e. The molecule has 0 spiro atoms. The lowest BCUT2D eigenvalue weighted by Gasteiger charge is -2.03. The van der Waals surface area contributed by atoms with E-state index in [2.05, 4.69) is 46.8 Å². The van der Waals surface area contributed by atoms with Crippen LogP contribution in [0.4, 0.5) is 0 Å². The smallest absolute Gasteiger partial charge is 0.114 e. The first-order chi connectivity index (χ1) is 9.67. The summed E-state index contributed by atoms with van der Waals surface area (Å²) in [5.41, 5.74) is 5.12. The van der Waals surface area contributed by atoms with Crippen LogP contribution in [-0.2, 0) is 13.5 Å². The van der Waals surface area contributed by atoms with Gasteiger partial charge in [0.1, 0.15) is 5.82 Å². The SMILES string of the molecule is Cc1ccc(Cc2nc3ccc(C#N)cc3n2C)cc1. The Kier molecular flexibility index (Phi) is 3.00. The van der Waals surface area contributed by atoms with Gasteiger partial charge in [-0.05, 0) is 30.7 Å². The number of aromatic nitrogens is 2. The van der Waals surface area contributed by atoms with Crippen molar-refractivity contribution < 1.29 is 0 Å². The molecule has 98 valence electrons. The number of hydrogen-bond acceptors (Lipinski definition) is 2. The van der Waals surface area contributed by atoms with Crippen molar-refractivity contribution in [1.82, 2.24) is 9.55 Å². The Labute approximate surface area is 118 Å². The van der Waals surface area contributed by atoms with Crippen molar-refractivity contribution in [2.45, 2.75) is 13.3 Å². The maximum absolute atomic E-state index is 8.98. The zero-order chi connectivity index (χ0) is 14.1. The number of rotatable bonds is 2. The van der Waals surface area contributed by atoms with Crippen LogP contribution in [-0.4, -0.2) is 9.55 Å². The highest BCUT2D eigenvalue weighted by Gasteiger charge is 2.09. The fraction of sp³-hybridized carbons (Fsp3) is 0.176. The summed E-state index contributed by atoms with van der Waals surface area (Å²) in [6.45, 7) is 2.09. The van der Waals surface area contributed by atoms with Gasteiger partial charge in [0, 0.05) is 13.5 Å². The Balaban J connectivity index is 2.02. The fourth-order valence-corrected chi connectivity index (χ4v) is 2.36. The molecule has 0 aliphatic rings. The van der Waals surface area contributed by atoms with Gasteiger partial charge in [0.15, 0.2) is 0 Å². The zero-order valence-corrected chi connectivity index (χ0v) is 11.6.